The first-order valence-electron chi connectivity index (χ1n) is 10.4. The molecule has 0 N–H and O–H groups in total. The fraction of sp³-hybridized carbons (Fsp3) is 0.308. The number of rotatable bonds is 2. The molecule has 4 aliphatic rings. The molecule has 2 saturated carbocycles. The number of allylic oxidation sites excluding steroid dienone is 8. The van der Waals surface area contributed by atoms with Crippen LogP contribution in [0, 0.1) is 59.4 Å². The first-order valence-corrected chi connectivity index (χ1v) is 19.7. The summed E-state index contributed by atoms with van der Waals surface area (Å²) in [6.45, 7) is 18.7. The molecule has 0 heterocycles. The van der Waals surface area contributed by atoms with Gasteiger partial charge in [-0.05, 0) is 63.5 Å². The van der Waals surface area contributed by atoms with Crippen molar-refractivity contribution in [2.45, 2.75) is 54.6 Å². The van der Waals surface area contributed by atoms with Gasteiger partial charge in [0.05, 0.1) is 8.07 Å². The fourth-order valence-electron chi connectivity index (χ4n) is 5.19. The summed E-state index contributed by atoms with van der Waals surface area (Å²) in [6.07, 6.45) is 14.1. The van der Waals surface area contributed by atoms with Gasteiger partial charge >= 0.3 is 37.9 Å². The second-order valence-electron chi connectivity index (χ2n) is 9.08. The SMILES string of the molecule is C[C]1[CH][C]([Si](C)(C)[C]2[CH][C](C)[C]3[C]2C(C)=CC=C3C)[C]2[C]1C(C)=CC=C2C.[Cl][Zr+2][Cl]. The van der Waals surface area contributed by atoms with Gasteiger partial charge in [-0.3, -0.25) is 0 Å². The number of hydrogen-bond acceptors (Lipinski definition) is 0. The zero-order chi connectivity index (χ0) is 22.4. The molecule has 0 nitrogen and oxygen atoms in total. The topological polar surface area (TPSA) is 0 Å². The zero-order valence-electron chi connectivity index (χ0n) is 19.2. The van der Waals surface area contributed by atoms with E-state index in [1.807, 2.05) is 0 Å². The van der Waals surface area contributed by atoms with Crippen LogP contribution in [0.2, 0.25) is 13.1 Å². The van der Waals surface area contributed by atoms with E-state index in [1.165, 1.54) is 57.8 Å². The summed E-state index contributed by atoms with van der Waals surface area (Å²) in [7, 11) is 8.02. The van der Waals surface area contributed by atoms with E-state index in [2.05, 4.69) is 91.8 Å². The van der Waals surface area contributed by atoms with Crippen molar-refractivity contribution in [3.05, 3.63) is 106 Å². The molecule has 0 aromatic heterocycles. The van der Waals surface area contributed by atoms with E-state index >= 15 is 0 Å². The van der Waals surface area contributed by atoms with Gasteiger partial charge in [-0.2, -0.15) is 0 Å². The summed E-state index contributed by atoms with van der Waals surface area (Å²) >= 11 is -0.826. The monoisotopic (exact) mass is 530 g/mol. The van der Waals surface area contributed by atoms with Crippen LogP contribution < -0.4 is 0 Å². The van der Waals surface area contributed by atoms with Crippen molar-refractivity contribution in [1.29, 1.82) is 0 Å². The molecular formula is C26H30Cl2SiZr+2. The average Bonchev–Trinajstić information content (AvgIpc) is 3.22. The van der Waals surface area contributed by atoms with Gasteiger partial charge < -0.3 is 0 Å². The summed E-state index contributed by atoms with van der Waals surface area (Å²) in [5.41, 5.74) is 8.84. The molecule has 4 aliphatic carbocycles. The third kappa shape index (κ3) is 4.38. The first-order chi connectivity index (χ1) is 14.1. The molecule has 0 aromatic carbocycles. The normalized spacial score (nSPS) is 25.7. The third-order valence-electron chi connectivity index (χ3n) is 6.64. The van der Waals surface area contributed by atoms with Crippen LogP contribution in [0.3, 0.4) is 0 Å². The molecule has 0 saturated heterocycles. The van der Waals surface area contributed by atoms with Crippen LogP contribution in [-0.4, -0.2) is 8.07 Å². The molecule has 0 bridgehead atoms. The van der Waals surface area contributed by atoms with Gasteiger partial charge in [-0.1, -0.05) is 73.5 Å². The Bertz CT molecular complexity index is 716. The molecular weight excluding hydrogens is 503 g/mol. The number of halogens is 2. The van der Waals surface area contributed by atoms with E-state index in [0.717, 1.165) is 0 Å². The zero-order valence-corrected chi connectivity index (χ0v) is 24.2. The maximum absolute atomic E-state index is 4.93. The molecule has 0 amide bonds. The first kappa shape index (κ1) is 25.3. The van der Waals surface area contributed by atoms with Crippen LogP contribution in [0.25, 0.3) is 0 Å². The molecule has 0 spiro atoms. The summed E-state index contributed by atoms with van der Waals surface area (Å²) < 4.78 is 0. The second kappa shape index (κ2) is 9.87. The van der Waals surface area contributed by atoms with E-state index in [9.17, 15) is 0 Å². The molecule has 4 rings (SSSR count). The predicted octanol–water partition coefficient (Wildman–Crippen LogP) is 8.03. The van der Waals surface area contributed by atoms with Crippen molar-refractivity contribution in [3.63, 3.8) is 0 Å². The van der Waals surface area contributed by atoms with Crippen molar-refractivity contribution in [2.24, 2.45) is 0 Å². The number of fused-ring (bicyclic) bond motifs is 2. The molecule has 4 heteroatoms. The third-order valence-corrected chi connectivity index (χ3v) is 10.1. The van der Waals surface area contributed by atoms with E-state index < -0.39 is 28.9 Å². The number of hydrogen-bond donors (Lipinski definition) is 0. The van der Waals surface area contributed by atoms with Crippen LogP contribution in [0.15, 0.2) is 46.6 Å². The van der Waals surface area contributed by atoms with Crippen molar-refractivity contribution >= 4 is 25.1 Å². The molecule has 2 fully saturated rings. The molecule has 154 valence electrons. The molecule has 30 heavy (non-hydrogen) atoms. The quantitative estimate of drug-likeness (QED) is 0.316. The van der Waals surface area contributed by atoms with Gasteiger partial charge in [-0.15, -0.1) is 0 Å². The summed E-state index contributed by atoms with van der Waals surface area (Å²) in [5.74, 6) is 8.85. The van der Waals surface area contributed by atoms with Crippen molar-refractivity contribution in [2.75, 3.05) is 0 Å². The summed E-state index contributed by atoms with van der Waals surface area (Å²) in [4.78, 5) is 0. The van der Waals surface area contributed by atoms with E-state index in [0.29, 0.717) is 0 Å². The molecule has 0 atom stereocenters. The standard InChI is InChI=1S/C26H30Si.2ClH.Zr/c1-15-9-11-17(3)25-21(13-19(5)23(15)25)27(7,8)22-14-20(6)24-16(2)10-12-18(4)26(22)24;;;/h9-14H,1-8H3;2*1H;/q;;;+4/p-2. The maximum atomic E-state index is 4.93. The van der Waals surface area contributed by atoms with Crippen molar-refractivity contribution in [1.82, 2.24) is 0 Å². The molecule has 0 aliphatic heterocycles. The van der Waals surface area contributed by atoms with E-state index in [4.69, 9.17) is 17.0 Å². The molecule has 10 radical (unpaired) electrons. The van der Waals surface area contributed by atoms with Gasteiger partial charge in [-0.25, -0.2) is 0 Å². The molecule has 0 unspecified atom stereocenters. The van der Waals surface area contributed by atoms with Crippen LogP contribution >= 0.6 is 17.0 Å². The predicted molar refractivity (Wildman–Crippen MR) is 130 cm³/mol. The Labute approximate surface area is 205 Å². The average molecular weight is 533 g/mol. The van der Waals surface area contributed by atoms with Gasteiger partial charge in [0.1, 0.15) is 0 Å². The second-order valence-corrected chi connectivity index (χ2v) is 17.1. The Hall–Kier alpha value is 0.640. The van der Waals surface area contributed by atoms with Crippen LogP contribution in [0.4, 0.5) is 0 Å². The van der Waals surface area contributed by atoms with Gasteiger partial charge in [0.15, 0.2) is 0 Å². The van der Waals surface area contributed by atoms with E-state index in [1.54, 1.807) is 11.1 Å². The van der Waals surface area contributed by atoms with Gasteiger partial charge in [0.25, 0.3) is 0 Å². The fourth-order valence-corrected chi connectivity index (χ4v) is 8.52. The Kier molecular flexibility index (Phi) is 8.31. The molecule has 0 aromatic rings. The summed E-state index contributed by atoms with van der Waals surface area (Å²) in [5, 5.41) is 0. The Morgan fingerprint density at radius 2 is 0.833 bits per heavy atom. The van der Waals surface area contributed by atoms with Gasteiger partial charge in [0.2, 0.25) is 0 Å². The van der Waals surface area contributed by atoms with E-state index in [-0.39, 0.29) is 0 Å². The minimum absolute atomic E-state index is 0.826. The van der Waals surface area contributed by atoms with Crippen LogP contribution in [0.1, 0.15) is 41.5 Å². The Morgan fingerprint density at radius 1 is 0.567 bits per heavy atom. The van der Waals surface area contributed by atoms with Gasteiger partial charge in [0, 0.05) is 23.7 Å². The van der Waals surface area contributed by atoms with Crippen LogP contribution in [0.5, 0.6) is 0 Å². The van der Waals surface area contributed by atoms with Crippen molar-refractivity contribution < 1.29 is 20.8 Å². The Morgan fingerprint density at radius 3 is 1.13 bits per heavy atom. The minimum atomic E-state index is -1.85. The Balaban J connectivity index is 0.000000806. The van der Waals surface area contributed by atoms with Crippen molar-refractivity contribution in [3.8, 4) is 0 Å². The van der Waals surface area contributed by atoms with Crippen LogP contribution in [-0.2, 0) is 20.8 Å². The summed E-state index contributed by atoms with van der Waals surface area (Å²) in [6, 6.07) is 0.